The highest BCUT2D eigenvalue weighted by molar-refractivity contribution is 6.07. The fourth-order valence-electron chi connectivity index (χ4n) is 3.95. The molecule has 2 heterocycles. The molecule has 30 heavy (non-hydrogen) atoms. The number of aromatic amines is 1. The van der Waals surface area contributed by atoms with Gasteiger partial charge in [-0.15, -0.1) is 0 Å². The number of para-hydroxylation sites is 1. The molecular weight excluding hydrogens is 372 g/mol. The molecule has 2 aromatic heterocycles. The van der Waals surface area contributed by atoms with Crippen molar-refractivity contribution in [2.24, 2.45) is 11.8 Å². The summed E-state index contributed by atoms with van der Waals surface area (Å²) in [5.41, 5.74) is 3.26. The minimum absolute atomic E-state index is 0.0387. The Kier molecular flexibility index (Phi) is 7.52. The normalized spacial score (nSPS) is 11.6. The van der Waals surface area contributed by atoms with Gasteiger partial charge in [-0.25, -0.2) is 9.97 Å². The van der Waals surface area contributed by atoms with Gasteiger partial charge in [0.25, 0.3) is 5.91 Å². The SMILES string of the molecule is CC(C)C[NH+](CCNC(=O)c1cc(-c2ccc[nH+]c2)nc2ccccc12)CC(C)C. The third-order valence-corrected chi connectivity index (χ3v) is 5.12. The lowest BCUT2D eigenvalue weighted by Crippen LogP contribution is -3.13. The highest BCUT2D eigenvalue weighted by Gasteiger charge is 2.17. The predicted octanol–water partition coefficient (Wildman–Crippen LogP) is 2.64. The first kappa shape index (κ1) is 21.9. The molecule has 0 atom stereocenters. The van der Waals surface area contributed by atoms with E-state index in [1.54, 1.807) is 4.90 Å². The molecule has 0 spiro atoms. The summed E-state index contributed by atoms with van der Waals surface area (Å²) in [6.45, 7) is 12.9. The van der Waals surface area contributed by atoms with Crippen molar-refractivity contribution in [3.05, 3.63) is 60.4 Å². The van der Waals surface area contributed by atoms with Crippen molar-refractivity contribution in [1.29, 1.82) is 0 Å². The first-order valence-corrected chi connectivity index (χ1v) is 10.9. The zero-order valence-corrected chi connectivity index (χ0v) is 18.5. The lowest BCUT2D eigenvalue weighted by Gasteiger charge is -2.23. The lowest BCUT2D eigenvalue weighted by atomic mass is 10.0. The van der Waals surface area contributed by atoms with Crippen LogP contribution >= 0.6 is 0 Å². The minimum atomic E-state index is -0.0387. The number of benzene rings is 1. The minimum Gasteiger partial charge on any atom is -0.346 e. The smallest absolute Gasteiger partial charge is 0.252 e. The zero-order valence-electron chi connectivity index (χ0n) is 18.5. The van der Waals surface area contributed by atoms with Crippen molar-refractivity contribution in [1.82, 2.24) is 10.3 Å². The third-order valence-electron chi connectivity index (χ3n) is 5.12. The average molecular weight is 407 g/mol. The second-order valence-electron chi connectivity index (χ2n) is 8.82. The maximum absolute atomic E-state index is 13.1. The number of amides is 1. The molecule has 3 aromatic rings. The van der Waals surface area contributed by atoms with Crippen LogP contribution < -0.4 is 15.2 Å². The molecule has 1 aromatic carbocycles. The molecule has 0 aliphatic rings. The van der Waals surface area contributed by atoms with E-state index in [2.05, 4.69) is 38.0 Å². The van der Waals surface area contributed by atoms with Gasteiger partial charge in [0.2, 0.25) is 0 Å². The molecule has 0 saturated heterocycles. The molecule has 5 heteroatoms. The van der Waals surface area contributed by atoms with Crippen LogP contribution in [0.4, 0.5) is 0 Å². The zero-order chi connectivity index (χ0) is 21.5. The van der Waals surface area contributed by atoms with Crippen molar-refractivity contribution in [2.45, 2.75) is 27.7 Å². The highest BCUT2D eigenvalue weighted by atomic mass is 16.1. The Bertz CT molecular complexity index is 959. The molecular formula is C25H34N4O+2. The molecule has 0 radical (unpaired) electrons. The summed E-state index contributed by atoms with van der Waals surface area (Å²) in [4.78, 5) is 22.5. The number of pyridine rings is 2. The molecule has 5 nitrogen and oxygen atoms in total. The van der Waals surface area contributed by atoms with Gasteiger partial charge < -0.3 is 10.2 Å². The summed E-state index contributed by atoms with van der Waals surface area (Å²) in [7, 11) is 0. The van der Waals surface area contributed by atoms with Crippen LogP contribution in [0, 0.1) is 11.8 Å². The van der Waals surface area contributed by atoms with Crippen LogP contribution in [0.3, 0.4) is 0 Å². The summed E-state index contributed by atoms with van der Waals surface area (Å²) in [5.74, 6) is 1.25. The fraction of sp³-hybridized carbons (Fsp3) is 0.400. The molecule has 0 aliphatic carbocycles. The van der Waals surface area contributed by atoms with Crippen LogP contribution in [-0.2, 0) is 0 Å². The standard InChI is InChI=1S/C25H32N4O/c1-18(2)16-29(17-19(3)4)13-12-27-25(30)22-14-24(20-8-7-11-26-15-20)28-23-10-6-5-9-21(22)23/h5-11,14-15,18-19H,12-13,16-17H2,1-4H3,(H,27,30)/p+2. The topological polar surface area (TPSA) is 60.6 Å². The summed E-state index contributed by atoms with van der Waals surface area (Å²) in [5, 5.41) is 4.03. The summed E-state index contributed by atoms with van der Waals surface area (Å²) < 4.78 is 0. The van der Waals surface area contributed by atoms with Gasteiger partial charge in [-0.1, -0.05) is 45.9 Å². The Morgan fingerprint density at radius 3 is 2.47 bits per heavy atom. The monoisotopic (exact) mass is 406 g/mol. The van der Waals surface area contributed by atoms with Crippen LogP contribution in [0.2, 0.25) is 0 Å². The van der Waals surface area contributed by atoms with Gasteiger partial charge in [0.05, 0.1) is 48.5 Å². The number of carbonyl (C=O) groups is 1. The van der Waals surface area contributed by atoms with E-state index in [4.69, 9.17) is 4.98 Å². The number of carbonyl (C=O) groups excluding carboxylic acids is 1. The van der Waals surface area contributed by atoms with E-state index in [9.17, 15) is 4.79 Å². The number of fused-ring (bicyclic) bond motifs is 1. The van der Waals surface area contributed by atoms with Gasteiger partial charge >= 0.3 is 0 Å². The quantitative estimate of drug-likeness (QED) is 0.574. The molecule has 158 valence electrons. The average Bonchev–Trinajstić information content (AvgIpc) is 2.72. The number of hydrogen-bond donors (Lipinski definition) is 2. The van der Waals surface area contributed by atoms with Crippen molar-refractivity contribution in [3.63, 3.8) is 0 Å². The van der Waals surface area contributed by atoms with E-state index in [0.29, 0.717) is 23.9 Å². The van der Waals surface area contributed by atoms with Gasteiger partial charge in [0.15, 0.2) is 12.4 Å². The molecule has 0 bridgehead atoms. The summed E-state index contributed by atoms with van der Waals surface area (Å²) in [6.07, 6.45) is 3.76. The van der Waals surface area contributed by atoms with Gasteiger partial charge in [-0.3, -0.25) is 4.79 Å². The number of rotatable bonds is 9. The van der Waals surface area contributed by atoms with E-state index >= 15 is 0 Å². The fourth-order valence-corrected chi connectivity index (χ4v) is 3.95. The molecule has 3 N–H and O–H groups in total. The molecule has 1 amide bonds. The Morgan fingerprint density at radius 1 is 1.07 bits per heavy atom. The Morgan fingerprint density at radius 2 is 1.80 bits per heavy atom. The van der Waals surface area contributed by atoms with Gasteiger partial charge in [-0.05, 0) is 18.2 Å². The molecule has 0 aliphatic heterocycles. The van der Waals surface area contributed by atoms with Crippen molar-refractivity contribution in [3.8, 4) is 11.3 Å². The molecule has 0 fully saturated rings. The van der Waals surface area contributed by atoms with Crippen molar-refractivity contribution < 1.29 is 14.7 Å². The number of quaternary nitrogens is 1. The number of hydrogen-bond acceptors (Lipinski definition) is 2. The molecule has 0 unspecified atom stereocenters. The maximum atomic E-state index is 13.1. The largest absolute Gasteiger partial charge is 0.346 e. The highest BCUT2D eigenvalue weighted by Crippen LogP contribution is 2.24. The van der Waals surface area contributed by atoms with E-state index in [-0.39, 0.29) is 5.91 Å². The lowest BCUT2D eigenvalue weighted by molar-refractivity contribution is -0.904. The van der Waals surface area contributed by atoms with E-state index in [1.807, 2.05) is 54.9 Å². The van der Waals surface area contributed by atoms with Gasteiger partial charge in [0.1, 0.15) is 0 Å². The van der Waals surface area contributed by atoms with E-state index in [1.165, 1.54) is 0 Å². The second kappa shape index (κ2) is 10.3. The van der Waals surface area contributed by atoms with Crippen molar-refractivity contribution >= 4 is 16.8 Å². The molecule has 0 saturated carbocycles. The second-order valence-corrected chi connectivity index (χ2v) is 8.82. The first-order valence-electron chi connectivity index (χ1n) is 10.9. The Balaban J connectivity index is 1.78. The van der Waals surface area contributed by atoms with E-state index < -0.39 is 0 Å². The van der Waals surface area contributed by atoms with Crippen LogP contribution in [0.1, 0.15) is 38.1 Å². The molecule has 3 rings (SSSR count). The number of nitrogens with one attached hydrogen (secondary N) is 3. The van der Waals surface area contributed by atoms with Crippen LogP contribution in [0.15, 0.2) is 54.9 Å². The number of aromatic nitrogens is 2. The van der Waals surface area contributed by atoms with E-state index in [0.717, 1.165) is 41.8 Å². The predicted molar refractivity (Wildman–Crippen MR) is 121 cm³/mol. The van der Waals surface area contributed by atoms with Crippen molar-refractivity contribution in [2.75, 3.05) is 26.2 Å². The van der Waals surface area contributed by atoms with Gasteiger partial charge in [-0.2, -0.15) is 0 Å². The van der Waals surface area contributed by atoms with Crippen LogP contribution in [0.5, 0.6) is 0 Å². The summed E-state index contributed by atoms with van der Waals surface area (Å²) >= 11 is 0. The first-order chi connectivity index (χ1) is 14.4. The Labute approximate surface area is 179 Å². The maximum Gasteiger partial charge on any atom is 0.252 e. The number of H-pyrrole nitrogens is 1. The van der Waals surface area contributed by atoms with Gasteiger partial charge in [0, 0.05) is 23.3 Å². The Hall–Kier alpha value is -2.79. The van der Waals surface area contributed by atoms with Crippen LogP contribution in [-0.4, -0.2) is 37.1 Å². The number of nitrogens with zero attached hydrogens (tertiary/aromatic N) is 1. The summed E-state index contributed by atoms with van der Waals surface area (Å²) in [6, 6.07) is 13.7. The van der Waals surface area contributed by atoms with Crippen LogP contribution in [0.25, 0.3) is 22.2 Å². The third kappa shape index (κ3) is 5.86.